The van der Waals surface area contributed by atoms with Crippen LogP contribution >= 0.6 is 0 Å². The molecular formula is C28H28F5N5O. The zero-order valence-electron chi connectivity index (χ0n) is 21.5. The fourth-order valence-corrected chi connectivity index (χ4v) is 6.18. The van der Waals surface area contributed by atoms with Crippen molar-refractivity contribution in [1.29, 1.82) is 0 Å². The van der Waals surface area contributed by atoms with Crippen molar-refractivity contribution in [3.8, 4) is 0 Å². The zero-order valence-corrected chi connectivity index (χ0v) is 21.5. The number of carbonyl (C=O) groups excluding carboxylic acids is 1. The molecule has 206 valence electrons. The van der Waals surface area contributed by atoms with E-state index in [2.05, 4.69) is 15.5 Å². The largest absolute Gasteiger partial charge is 0.416 e. The highest BCUT2D eigenvalue weighted by Gasteiger charge is 2.60. The maximum atomic E-state index is 14.2. The number of aryl methyl sites for hydroxylation is 1. The number of amides is 1. The molecular weight excluding hydrogens is 517 g/mol. The Morgan fingerprint density at radius 3 is 2.46 bits per heavy atom. The van der Waals surface area contributed by atoms with E-state index in [1.165, 1.54) is 11.2 Å². The first-order valence-corrected chi connectivity index (χ1v) is 13.0. The van der Waals surface area contributed by atoms with Gasteiger partial charge in [0.15, 0.2) is 0 Å². The van der Waals surface area contributed by atoms with Crippen molar-refractivity contribution in [3.05, 3.63) is 76.4 Å². The minimum atomic E-state index is -4.64. The van der Waals surface area contributed by atoms with Gasteiger partial charge in [0.05, 0.1) is 17.5 Å². The third kappa shape index (κ3) is 4.31. The van der Waals surface area contributed by atoms with Crippen molar-refractivity contribution in [1.82, 2.24) is 20.1 Å². The summed E-state index contributed by atoms with van der Waals surface area (Å²) in [6.07, 6.45) is -1.10. The molecule has 1 aliphatic heterocycles. The smallest absolute Gasteiger partial charge is 0.320 e. The molecule has 6 nitrogen and oxygen atoms in total. The van der Waals surface area contributed by atoms with Crippen LogP contribution in [0.4, 0.5) is 27.6 Å². The van der Waals surface area contributed by atoms with Gasteiger partial charge in [0.1, 0.15) is 12.2 Å². The third-order valence-electron chi connectivity index (χ3n) is 8.43. The van der Waals surface area contributed by atoms with Crippen LogP contribution in [0.15, 0.2) is 42.7 Å². The van der Waals surface area contributed by atoms with E-state index in [1.807, 2.05) is 0 Å². The molecule has 2 heterocycles. The number of anilines is 1. The Balaban J connectivity index is 1.37. The van der Waals surface area contributed by atoms with E-state index in [4.69, 9.17) is 0 Å². The molecule has 0 unspecified atom stereocenters. The van der Waals surface area contributed by atoms with Crippen LogP contribution in [-0.2, 0) is 25.2 Å². The van der Waals surface area contributed by atoms with E-state index in [0.717, 1.165) is 25.3 Å². The van der Waals surface area contributed by atoms with Crippen LogP contribution in [0.2, 0.25) is 0 Å². The van der Waals surface area contributed by atoms with Crippen LogP contribution < -0.4 is 10.2 Å². The van der Waals surface area contributed by atoms with Crippen molar-refractivity contribution < 1.29 is 26.7 Å². The summed E-state index contributed by atoms with van der Waals surface area (Å²) in [5.74, 6) is -3.06. The van der Waals surface area contributed by atoms with E-state index >= 15 is 0 Å². The van der Waals surface area contributed by atoms with E-state index in [-0.39, 0.29) is 29.8 Å². The summed E-state index contributed by atoms with van der Waals surface area (Å²) in [4.78, 5) is 14.9. The highest BCUT2D eigenvalue weighted by atomic mass is 19.4. The minimum absolute atomic E-state index is 0.0191. The Morgan fingerprint density at radius 2 is 1.87 bits per heavy atom. The van der Waals surface area contributed by atoms with Crippen LogP contribution in [0.25, 0.3) is 0 Å². The minimum Gasteiger partial charge on any atom is -0.320 e. The number of hydrogen-bond donors (Lipinski definition) is 1. The van der Waals surface area contributed by atoms with Gasteiger partial charge in [-0.05, 0) is 60.7 Å². The highest BCUT2D eigenvalue weighted by Crippen LogP contribution is 2.57. The molecule has 11 heteroatoms. The number of rotatable bonds is 6. The van der Waals surface area contributed by atoms with Gasteiger partial charge in [-0.3, -0.25) is 4.79 Å². The lowest BCUT2D eigenvalue weighted by atomic mass is 9.61. The lowest BCUT2D eigenvalue weighted by Crippen LogP contribution is -2.51. The second-order valence-electron chi connectivity index (χ2n) is 11.1. The Morgan fingerprint density at radius 1 is 1.13 bits per heavy atom. The zero-order chi connectivity index (χ0) is 27.7. The van der Waals surface area contributed by atoms with Gasteiger partial charge in [0, 0.05) is 43.2 Å². The van der Waals surface area contributed by atoms with Crippen LogP contribution in [0.1, 0.15) is 83.5 Å². The first kappa shape index (κ1) is 25.9. The Bertz CT molecular complexity index is 1440. The van der Waals surface area contributed by atoms with Crippen LogP contribution in [-0.4, -0.2) is 32.6 Å². The lowest BCUT2D eigenvalue weighted by Gasteiger charge is -2.46. The van der Waals surface area contributed by atoms with Gasteiger partial charge in [-0.2, -0.15) is 13.2 Å². The highest BCUT2D eigenvalue weighted by molar-refractivity contribution is 6.10. The summed E-state index contributed by atoms with van der Waals surface area (Å²) in [5, 5.41) is 11.3. The van der Waals surface area contributed by atoms with Gasteiger partial charge in [-0.1, -0.05) is 18.6 Å². The molecule has 2 fully saturated rings. The lowest BCUT2D eigenvalue weighted by molar-refractivity contribution is -0.138. The van der Waals surface area contributed by atoms with Gasteiger partial charge >= 0.3 is 6.18 Å². The molecule has 0 spiro atoms. The fourth-order valence-electron chi connectivity index (χ4n) is 6.18. The summed E-state index contributed by atoms with van der Waals surface area (Å²) in [6.45, 7) is 1.55. The Hall–Kier alpha value is -3.34. The number of aromatic nitrogens is 3. The average molecular weight is 546 g/mol. The number of nitrogens with one attached hydrogen (secondary N) is 1. The predicted octanol–water partition coefficient (Wildman–Crippen LogP) is 5.91. The summed E-state index contributed by atoms with van der Waals surface area (Å²) in [6, 6.07) is 9.16. The molecule has 3 aliphatic rings. The van der Waals surface area contributed by atoms with Crippen molar-refractivity contribution in [2.24, 2.45) is 7.05 Å². The van der Waals surface area contributed by atoms with Crippen molar-refractivity contribution in [3.63, 3.8) is 0 Å². The van der Waals surface area contributed by atoms with Gasteiger partial charge in [-0.15, -0.1) is 10.2 Å². The number of alkyl halides is 5. The van der Waals surface area contributed by atoms with Crippen LogP contribution in [0.3, 0.4) is 0 Å². The topological polar surface area (TPSA) is 63.0 Å². The average Bonchev–Trinajstić information content (AvgIpc) is 3.41. The molecule has 1 aromatic heterocycles. The van der Waals surface area contributed by atoms with E-state index in [9.17, 15) is 26.7 Å². The van der Waals surface area contributed by atoms with Gasteiger partial charge in [0.25, 0.3) is 11.8 Å². The quantitative estimate of drug-likeness (QED) is 0.391. The molecule has 1 amide bonds. The number of carbonyl (C=O) groups is 1. The molecule has 2 aromatic carbocycles. The summed E-state index contributed by atoms with van der Waals surface area (Å²) >= 11 is 0. The van der Waals surface area contributed by atoms with Gasteiger partial charge in [0.2, 0.25) is 0 Å². The Kier molecular flexibility index (Phi) is 5.87. The second-order valence-corrected chi connectivity index (χ2v) is 11.1. The third-order valence-corrected chi connectivity index (χ3v) is 8.43. The normalized spacial score (nSPS) is 20.9. The predicted molar refractivity (Wildman–Crippen MR) is 134 cm³/mol. The molecule has 2 saturated carbocycles. The van der Waals surface area contributed by atoms with Crippen molar-refractivity contribution in [2.45, 2.75) is 75.2 Å². The maximum absolute atomic E-state index is 14.2. The molecule has 39 heavy (non-hydrogen) atoms. The van der Waals surface area contributed by atoms with Gasteiger partial charge < -0.3 is 14.8 Å². The molecule has 2 aliphatic carbocycles. The molecule has 6 rings (SSSR count). The second kappa shape index (κ2) is 8.84. The summed E-state index contributed by atoms with van der Waals surface area (Å²) in [7, 11) is 1.68. The Labute approximate surface area is 222 Å². The monoisotopic (exact) mass is 545 g/mol. The number of nitrogens with zero attached hydrogens (tertiary/aromatic N) is 4. The number of halogens is 5. The number of hydrogen-bond acceptors (Lipinski definition) is 4. The van der Waals surface area contributed by atoms with Crippen LogP contribution in [0.5, 0.6) is 0 Å². The van der Waals surface area contributed by atoms with Gasteiger partial charge in [-0.25, -0.2) is 8.78 Å². The molecule has 1 N–H and O–H groups in total. The molecule has 0 radical (unpaired) electrons. The SMILES string of the molecule is C[C@H](NC1CCC1)c1cc2c(c(C(F)(F)F)c1)CN(c1cccc(C3(c4nncn4C)CC(F)(F)C3)c1)C2=O. The first-order valence-electron chi connectivity index (χ1n) is 13.0. The molecule has 3 aromatic rings. The van der Waals surface area contributed by atoms with E-state index in [0.29, 0.717) is 22.6 Å². The summed E-state index contributed by atoms with van der Waals surface area (Å²) in [5.41, 5.74) is -0.718. The van der Waals surface area contributed by atoms with E-state index < -0.39 is 41.8 Å². The van der Waals surface area contributed by atoms with Crippen LogP contribution in [0, 0.1) is 0 Å². The molecule has 0 bridgehead atoms. The van der Waals surface area contributed by atoms with Crippen molar-refractivity contribution >= 4 is 11.6 Å². The van der Waals surface area contributed by atoms with Crippen molar-refractivity contribution in [2.75, 3.05) is 4.90 Å². The number of fused-ring (bicyclic) bond motifs is 1. The number of benzene rings is 2. The first-order chi connectivity index (χ1) is 18.4. The standard InChI is InChI=1S/C28H28F5N5O/c1-16(35-19-6-4-7-19)17-9-21-22(23(10-17)28(31,32)33)12-38(24(21)39)20-8-3-5-18(11-20)26(13-27(29,30)14-26)25-36-34-15-37(25)2/h3,5,8-11,15-16,19,35H,4,6-7,12-14H2,1-2H3/t16-/m0/s1. The molecule has 1 atom stereocenters. The fraction of sp³-hybridized carbons (Fsp3) is 0.464. The van der Waals surface area contributed by atoms with E-state index in [1.54, 1.807) is 48.9 Å². The molecule has 0 saturated heterocycles. The summed E-state index contributed by atoms with van der Waals surface area (Å²) < 4.78 is 72.6. The maximum Gasteiger partial charge on any atom is 0.416 e.